The quantitative estimate of drug-likeness (QED) is 0.867. The van der Waals surface area contributed by atoms with Crippen molar-refractivity contribution in [2.75, 3.05) is 6.54 Å². The molecular weight excluding hydrogens is 236 g/mol. The molecule has 1 amide bonds. The predicted octanol–water partition coefficient (Wildman–Crippen LogP) is 2.21. The maximum atomic E-state index is 12.2. The Labute approximate surface area is 113 Å². The van der Waals surface area contributed by atoms with Crippen molar-refractivity contribution in [2.45, 2.75) is 38.8 Å². The van der Waals surface area contributed by atoms with Crippen molar-refractivity contribution < 1.29 is 4.79 Å². The fraction of sp³-hybridized carbons (Fsp3) is 0.562. The van der Waals surface area contributed by atoms with Crippen LogP contribution in [0.3, 0.4) is 0 Å². The Morgan fingerprint density at radius 2 is 2.05 bits per heavy atom. The smallest absolute Gasteiger partial charge is 0.251 e. The Morgan fingerprint density at radius 3 is 2.79 bits per heavy atom. The van der Waals surface area contributed by atoms with E-state index >= 15 is 0 Å². The van der Waals surface area contributed by atoms with Gasteiger partial charge in [-0.05, 0) is 60.3 Å². The van der Waals surface area contributed by atoms with E-state index in [-0.39, 0.29) is 5.91 Å². The SMILES string of the molecule is O=C(NCC1(C2CC2)CC1)c1ccc2c(c1)CNC2. The van der Waals surface area contributed by atoms with Crippen LogP contribution < -0.4 is 10.6 Å². The zero-order valence-corrected chi connectivity index (χ0v) is 11.2. The molecule has 0 spiro atoms. The van der Waals surface area contributed by atoms with Crippen LogP contribution in [0.25, 0.3) is 0 Å². The highest BCUT2D eigenvalue weighted by Crippen LogP contribution is 2.60. The molecule has 0 aromatic heterocycles. The lowest BCUT2D eigenvalue weighted by Gasteiger charge is -2.15. The number of amides is 1. The molecule has 19 heavy (non-hydrogen) atoms. The summed E-state index contributed by atoms with van der Waals surface area (Å²) in [5.41, 5.74) is 3.90. The van der Waals surface area contributed by atoms with E-state index in [1.807, 2.05) is 12.1 Å². The molecule has 0 bridgehead atoms. The van der Waals surface area contributed by atoms with Crippen LogP contribution in [0.4, 0.5) is 0 Å². The van der Waals surface area contributed by atoms with Gasteiger partial charge in [0.25, 0.3) is 5.91 Å². The number of benzene rings is 1. The van der Waals surface area contributed by atoms with Gasteiger partial charge in [0, 0.05) is 25.2 Å². The molecule has 0 radical (unpaired) electrons. The lowest BCUT2D eigenvalue weighted by Crippen LogP contribution is -2.31. The molecule has 100 valence electrons. The van der Waals surface area contributed by atoms with Crippen molar-refractivity contribution >= 4 is 5.91 Å². The fourth-order valence-electron chi connectivity index (χ4n) is 3.38. The molecule has 3 nitrogen and oxygen atoms in total. The summed E-state index contributed by atoms with van der Waals surface area (Å²) in [4.78, 5) is 12.2. The van der Waals surface area contributed by atoms with Gasteiger partial charge < -0.3 is 10.6 Å². The lowest BCUT2D eigenvalue weighted by atomic mass is 10.0. The minimum absolute atomic E-state index is 0.0987. The summed E-state index contributed by atoms with van der Waals surface area (Å²) < 4.78 is 0. The minimum Gasteiger partial charge on any atom is -0.351 e. The molecule has 3 heteroatoms. The second-order valence-electron chi connectivity index (χ2n) is 6.41. The van der Waals surface area contributed by atoms with Gasteiger partial charge in [-0.15, -0.1) is 0 Å². The molecule has 3 aliphatic rings. The van der Waals surface area contributed by atoms with Crippen molar-refractivity contribution in [3.05, 3.63) is 34.9 Å². The van der Waals surface area contributed by atoms with Crippen LogP contribution in [0, 0.1) is 11.3 Å². The van der Waals surface area contributed by atoms with Gasteiger partial charge in [-0.25, -0.2) is 0 Å². The molecule has 0 saturated heterocycles. The number of hydrogen-bond acceptors (Lipinski definition) is 2. The fourth-order valence-corrected chi connectivity index (χ4v) is 3.38. The van der Waals surface area contributed by atoms with E-state index in [1.54, 1.807) is 0 Å². The normalized spacial score (nSPS) is 22.9. The van der Waals surface area contributed by atoms with Gasteiger partial charge in [-0.3, -0.25) is 4.79 Å². The molecule has 2 N–H and O–H groups in total. The third kappa shape index (κ3) is 2.06. The van der Waals surface area contributed by atoms with Crippen molar-refractivity contribution in [2.24, 2.45) is 11.3 Å². The van der Waals surface area contributed by atoms with E-state index in [4.69, 9.17) is 0 Å². The summed E-state index contributed by atoms with van der Waals surface area (Å²) in [7, 11) is 0. The average molecular weight is 256 g/mol. The zero-order chi connectivity index (χ0) is 12.9. The molecule has 1 aliphatic heterocycles. The summed E-state index contributed by atoms with van der Waals surface area (Å²) >= 11 is 0. The Hall–Kier alpha value is -1.35. The zero-order valence-electron chi connectivity index (χ0n) is 11.2. The van der Waals surface area contributed by atoms with E-state index < -0.39 is 0 Å². The highest BCUT2D eigenvalue weighted by Gasteiger charge is 2.53. The van der Waals surface area contributed by atoms with Crippen LogP contribution >= 0.6 is 0 Å². The minimum atomic E-state index is 0.0987. The highest BCUT2D eigenvalue weighted by molar-refractivity contribution is 5.94. The van der Waals surface area contributed by atoms with Crippen molar-refractivity contribution in [3.8, 4) is 0 Å². The Morgan fingerprint density at radius 1 is 1.26 bits per heavy atom. The third-order valence-corrected chi connectivity index (χ3v) is 5.04. The highest BCUT2D eigenvalue weighted by atomic mass is 16.1. The molecule has 2 saturated carbocycles. The van der Waals surface area contributed by atoms with E-state index in [1.165, 1.54) is 36.8 Å². The van der Waals surface area contributed by atoms with Crippen molar-refractivity contribution in [3.63, 3.8) is 0 Å². The molecule has 2 aliphatic carbocycles. The molecule has 4 rings (SSSR count). The second kappa shape index (κ2) is 4.07. The van der Waals surface area contributed by atoms with Crippen molar-refractivity contribution in [1.29, 1.82) is 0 Å². The standard InChI is InChI=1S/C16H20N2O/c19-15(18-10-16(5-6-16)14-3-4-14)11-1-2-12-8-17-9-13(12)7-11/h1-2,7,14,17H,3-6,8-10H2,(H,18,19). The Kier molecular flexibility index (Phi) is 2.46. The third-order valence-electron chi connectivity index (χ3n) is 5.04. The van der Waals surface area contributed by atoms with Gasteiger partial charge in [0.2, 0.25) is 0 Å². The van der Waals surface area contributed by atoms with Crippen LogP contribution in [0.5, 0.6) is 0 Å². The summed E-state index contributed by atoms with van der Waals surface area (Å²) in [6.45, 7) is 2.70. The average Bonchev–Trinajstić information content (AvgIpc) is 3.32. The molecule has 1 heterocycles. The summed E-state index contributed by atoms with van der Waals surface area (Å²) in [5, 5.41) is 6.47. The van der Waals surface area contributed by atoms with Crippen LogP contribution in [0.15, 0.2) is 18.2 Å². The maximum Gasteiger partial charge on any atom is 0.251 e. The first-order valence-corrected chi connectivity index (χ1v) is 7.38. The molecule has 0 unspecified atom stereocenters. The van der Waals surface area contributed by atoms with Gasteiger partial charge in [0.05, 0.1) is 0 Å². The molecule has 1 aromatic carbocycles. The topological polar surface area (TPSA) is 41.1 Å². The van der Waals surface area contributed by atoms with E-state index in [2.05, 4.69) is 16.7 Å². The van der Waals surface area contributed by atoms with Crippen LogP contribution in [-0.4, -0.2) is 12.5 Å². The number of rotatable bonds is 4. The van der Waals surface area contributed by atoms with Crippen molar-refractivity contribution in [1.82, 2.24) is 10.6 Å². The number of fused-ring (bicyclic) bond motifs is 1. The largest absolute Gasteiger partial charge is 0.351 e. The van der Waals surface area contributed by atoms with Crippen LogP contribution in [0.1, 0.15) is 47.2 Å². The Balaban J connectivity index is 1.43. The number of carbonyl (C=O) groups excluding carboxylic acids is 1. The first-order chi connectivity index (χ1) is 9.27. The van der Waals surface area contributed by atoms with E-state index in [9.17, 15) is 4.79 Å². The molecule has 0 atom stereocenters. The predicted molar refractivity (Wildman–Crippen MR) is 73.7 cm³/mol. The van der Waals surface area contributed by atoms with Crippen LogP contribution in [0.2, 0.25) is 0 Å². The number of nitrogens with one attached hydrogen (secondary N) is 2. The van der Waals surface area contributed by atoms with Gasteiger partial charge in [0.15, 0.2) is 0 Å². The maximum absolute atomic E-state index is 12.2. The first-order valence-electron chi connectivity index (χ1n) is 7.38. The number of carbonyl (C=O) groups is 1. The van der Waals surface area contributed by atoms with Gasteiger partial charge >= 0.3 is 0 Å². The monoisotopic (exact) mass is 256 g/mol. The lowest BCUT2D eigenvalue weighted by molar-refractivity contribution is 0.0942. The van der Waals surface area contributed by atoms with E-state index in [0.717, 1.165) is 31.1 Å². The summed E-state index contributed by atoms with van der Waals surface area (Å²) in [6, 6.07) is 6.08. The van der Waals surface area contributed by atoms with E-state index in [0.29, 0.717) is 5.41 Å². The molecule has 1 aromatic rings. The molecular formula is C16H20N2O. The van der Waals surface area contributed by atoms with Gasteiger partial charge in [-0.2, -0.15) is 0 Å². The van der Waals surface area contributed by atoms with Gasteiger partial charge in [0.1, 0.15) is 0 Å². The molecule has 2 fully saturated rings. The number of hydrogen-bond donors (Lipinski definition) is 2. The summed E-state index contributed by atoms with van der Waals surface area (Å²) in [5.74, 6) is 0.999. The van der Waals surface area contributed by atoms with Crippen LogP contribution in [-0.2, 0) is 13.1 Å². The second-order valence-corrected chi connectivity index (χ2v) is 6.41. The Bertz CT molecular complexity index is 530. The van der Waals surface area contributed by atoms with Gasteiger partial charge in [-0.1, -0.05) is 6.07 Å². The first kappa shape index (κ1) is 11.5. The summed E-state index contributed by atoms with van der Waals surface area (Å²) in [6.07, 6.45) is 5.37.